The SMILES string of the molecule is CC1=C(SN2CCOCC2)C(NC(=O)O)N(C)N1C(=O)N(C)C. The minimum absolute atomic E-state index is 0.222. The van der Waals surface area contributed by atoms with Crippen molar-refractivity contribution < 1.29 is 19.4 Å². The zero-order valence-electron chi connectivity index (χ0n) is 13.8. The van der Waals surface area contributed by atoms with Crippen LogP contribution < -0.4 is 5.32 Å². The predicted octanol–water partition coefficient (Wildman–Crippen LogP) is 0.636. The Bertz CT molecular complexity index is 507. The lowest BCUT2D eigenvalue weighted by Gasteiger charge is -2.32. The first-order valence-electron chi connectivity index (χ1n) is 7.28. The number of likely N-dealkylation sites (N-methyl/N-ethyl adjacent to an activating group) is 1. The van der Waals surface area contributed by atoms with E-state index in [9.17, 15) is 9.59 Å². The van der Waals surface area contributed by atoms with Crippen molar-refractivity contribution in [2.75, 3.05) is 47.4 Å². The number of ether oxygens (including phenoxy) is 1. The first kappa shape index (κ1) is 17.9. The third kappa shape index (κ3) is 3.89. The maximum absolute atomic E-state index is 12.4. The highest BCUT2D eigenvalue weighted by atomic mass is 32.2. The van der Waals surface area contributed by atoms with E-state index in [0.717, 1.165) is 23.7 Å². The van der Waals surface area contributed by atoms with E-state index in [1.165, 1.54) is 21.9 Å². The largest absolute Gasteiger partial charge is 0.465 e. The van der Waals surface area contributed by atoms with E-state index in [2.05, 4.69) is 9.62 Å². The van der Waals surface area contributed by atoms with E-state index in [1.54, 1.807) is 26.2 Å². The number of hydrogen-bond donors (Lipinski definition) is 2. The molecular weight excluding hydrogens is 322 g/mol. The topological polar surface area (TPSA) is 88.6 Å². The molecule has 10 heteroatoms. The summed E-state index contributed by atoms with van der Waals surface area (Å²) in [6, 6.07) is -0.222. The molecule has 1 unspecified atom stereocenters. The van der Waals surface area contributed by atoms with Crippen LogP contribution in [0.5, 0.6) is 0 Å². The highest BCUT2D eigenvalue weighted by Crippen LogP contribution is 2.37. The maximum atomic E-state index is 12.4. The number of amides is 3. The summed E-state index contributed by atoms with van der Waals surface area (Å²) in [5.41, 5.74) is 0.724. The summed E-state index contributed by atoms with van der Waals surface area (Å²) in [5.74, 6) is 0. The molecule has 0 aromatic heterocycles. The van der Waals surface area contributed by atoms with Crippen molar-refractivity contribution in [2.45, 2.75) is 13.1 Å². The van der Waals surface area contributed by atoms with Crippen LogP contribution in [0.15, 0.2) is 10.6 Å². The standard InChI is InChI=1S/C13H23N5O4S/c1-9-10(23-17-5-7-22-8-6-17)11(14-12(19)20)16(4)18(9)13(21)15(2)3/h11,14H,5-8H2,1-4H3,(H,19,20). The summed E-state index contributed by atoms with van der Waals surface area (Å²) in [5, 5.41) is 14.7. The Morgan fingerprint density at radius 2 is 1.96 bits per heavy atom. The first-order chi connectivity index (χ1) is 10.8. The van der Waals surface area contributed by atoms with Gasteiger partial charge in [-0.1, -0.05) is 0 Å². The Morgan fingerprint density at radius 3 is 2.48 bits per heavy atom. The number of allylic oxidation sites excluding steroid dienone is 1. The summed E-state index contributed by atoms with van der Waals surface area (Å²) in [6.07, 6.45) is -1.72. The smallest absolute Gasteiger partial charge is 0.406 e. The number of rotatable bonds is 3. The lowest BCUT2D eigenvalue weighted by atomic mass is 10.4. The normalized spacial score (nSPS) is 23.3. The number of carbonyl (C=O) groups is 2. The van der Waals surface area contributed by atoms with Gasteiger partial charge in [-0.05, 0) is 18.9 Å². The fraction of sp³-hybridized carbons (Fsp3) is 0.692. The molecule has 1 fully saturated rings. The number of hydrazine groups is 1. The monoisotopic (exact) mass is 345 g/mol. The van der Waals surface area contributed by atoms with Gasteiger partial charge in [-0.2, -0.15) is 5.01 Å². The van der Waals surface area contributed by atoms with Crippen molar-refractivity contribution in [3.8, 4) is 0 Å². The van der Waals surface area contributed by atoms with Gasteiger partial charge in [0.05, 0.1) is 23.8 Å². The van der Waals surface area contributed by atoms with E-state index in [-0.39, 0.29) is 6.03 Å². The van der Waals surface area contributed by atoms with Gasteiger partial charge in [0.15, 0.2) is 0 Å². The van der Waals surface area contributed by atoms with Crippen LogP contribution in [0.3, 0.4) is 0 Å². The van der Waals surface area contributed by atoms with E-state index in [4.69, 9.17) is 9.84 Å². The molecule has 2 N–H and O–H groups in total. The third-order valence-electron chi connectivity index (χ3n) is 3.63. The van der Waals surface area contributed by atoms with Gasteiger partial charge in [0.1, 0.15) is 6.17 Å². The molecule has 0 bridgehead atoms. The van der Waals surface area contributed by atoms with Crippen LogP contribution in [0.2, 0.25) is 0 Å². The molecule has 0 radical (unpaired) electrons. The average Bonchev–Trinajstić information content (AvgIpc) is 2.71. The Kier molecular flexibility index (Phi) is 5.74. The number of urea groups is 1. The molecule has 0 aromatic carbocycles. The lowest BCUT2D eigenvalue weighted by Crippen LogP contribution is -2.52. The quantitative estimate of drug-likeness (QED) is 0.726. The van der Waals surface area contributed by atoms with Crippen molar-refractivity contribution in [1.29, 1.82) is 0 Å². The van der Waals surface area contributed by atoms with Crippen molar-refractivity contribution in [3.05, 3.63) is 10.6 Å². The van der Waals surface area contributed by atoms with E-state index < -0.39 is 12.3 Å². The van der Waals surface area contributed by atoms with Gasteiger partial charge in [-0.15, -0.1) is 0 Å². The van der Waals surface area contributed by atoms with Crippen LogP contribution >= 0.6 is 11.9 Å². The molecule has 2 rings (SSSR count). The maximum Gasteiger partial charge on any atom is 0.406 e. The summed E-state index contributed by atoms with van der Waals surface area (Å²) < 4.78 is 7.45. The summed E-state index contributed by atoms with van der Waals surface area (Å²) in [7, 11) is 5.02. The minimum atomic E-state index is -1.13. The molecule has 3 amide bonds. The van der Waals surface area contributed by atoms with Crippen LogP contribution in [0.4, 0.5) is 9.59 Å². The summed E-state index contributed by atoms with van der Waals surface area (Å²) >= 11 is 1.48. The molecule has 130 valence electrons. The molecule has 1 saturated heterocycles. The fourth-order valence-electron chi connectivity index (χ4n) is 2.46. The van der Waals surface area contributed by atoms with Crippen LogP contribution in [0.1, 0.15) is 6.92 Å². The number of hydrogen-bond acceptors (Lipinski definition) is 6. The second kappa shape index (κ2) is 7.39. The number of morpholine rings is 1. The zero-order chi connectivity index (χ0) is 17.1. The van der Waals surface area contributed by atoms with E-state index in [1.807, 2.05) is 6.92 Å². The minimum Gasteiger partial charge on any atom is -0.465 e. The molecule has 1 atom stereocenters. The molecule has 23 heavy (non-hydrogen) atoms. The number of nitrogens with zero attached hydrogens (tertiary/aromatic N) is 4. The molecular formula is C13H23N5O4S. The lowest BCUT2D eigenvalue weighted by molar-refractivity contribution is 0.0432. The van der Waals surface area contributed by atoms with Crippen molar-refractivity contribution >= 4 is 24.1 Å². The number of carbonyl (C=O) groups excluding carboxylic acids is 1. The zero-order valence-corrected chi connectivity index (χ0v) is 14.6. The Balaban J connectivity index is 2.26. The molecule has 0 aliphatic carbocycles. The second-order valence-electron chi connectivity index (χ2n) is 5.50. The van der Waals surface area contributed by atoms with E-state index >= 15 is 0 Å². The molecule has 0 aromatic rings. The van der Waals surface area contributed by atoms with Crippen LogP contribution in [-0.4, -0.2) is 90.1 Å². The Labute approximate surface area is 139 Å². The molecule has 2 aliphatic rings. The van der Waals surface area contributed by atoms with Gasteiger partial charge in [0, 0.05) is 34.2 Å². The Morgan fingerprint density at radius 1 is 1.35 bits per heavy atom. The van der Waals surface area contributed by atoms with Gasteiger partial charge in [0.25, 0.3) is 0 Å². The first-order valence-corrected chi connectivity index (χ1v) is 8.05. The number of nitrogens with one attached hydrogen (secondary N) is 1. The summed E-state index contributed by atoms with van der Waals surface area (Å²) in [6.45, 7) is 4.63. The van der Waals surface area contributed by atoms with Gasteiger partial charge < -0.3 is 14.7 Å². The third-order valence-corrected chi connectivity index (χ3v) is 4.97. The second-order valence-corrected chi connectivity index (χ2v) is 6.64. The number of carboxylic acid groups (broad SMARTS) is 1. The van der Waals surface area contributed by atoms with Crippen LogP contribution in [0.25, 0.3) is 0 Å². The molecule has 2 heterocycles. The predicted molar refractivity (Wildman–Crippen MR) is 86.3 cm³/mol. The van der Waals surface area contributed by atoms with Crippen molar-refractivity contribution in [2.24, 2.45) is 0 Å². The van der Waals surface area contributed by atoms with Crippen molar-refractivity contribution in [1.82, 2.24) is 24.5 Å². The Hall–Kier alpha value is -1.49. The van der Waals surface area contributed by atoms with E-state index in [0.29, 0.717) is 13.2 Å². The van der Waals surface area contributed by atoms with Crippen LogP contribution in [0, 0.1) is 0 Å². The molecule has 0 spiro atoms. The van der Waals surface area contributed by atoms with Crippen molar-refractivity contribution in [3.63, 3.8) is 0 Å². The average molecular weight is 345 g/mol. The highest BCUT2D eigenvalue weighted by molar-refractivity contribution is 8.01. The molecule has 2 aliphatic heterocycles. The van der Waals surface area contributed by atoms with Crippen LogP contribution in [-0.2, 0) is 4.74 Å². The van der Waals surface area contributed by atoms with Gasteiger partial charge in [-0.3, -0.25) is 5.32 Å². The van der Waals surface area contributed by atoms with Gasteiger partial charge in [0.2, 0.25) is 0 Å². The summed E-state index contributed by atoms with van der Waals surface area (Å²) in [4.78, 5) is 25.8. The van der Waals surface area contributed by atoms with Gasteiger partial charge >= 0.3 is 12.1 Å². The molecule has 0 saturated carbocycles. The molecule has 9 nitrogen and oxygen atoms in total. The van der Waals surface area contributed by atoms with Gasteiger partial charge in [-0.25, -0.2) is 18.9 Å². The highest BCUT2D eigenvalue weighted by Gasteiger charge is 2.40. The fourth-order valence-corrected chi connectivity index (χ4v) is 3.60.